The van der Waals surface area contributed by atoms with E-state index < -0.39 is 4.92 Å². The highest BCUT2D eigenvalue weighted by atomic mass is 16.6. The second-order valence-corrected chi connectivity index (χ2v) is 3.12. The van der Waals surface area contributed by atoms with Gasteiger partial charge in [-0.05, 0) is 12.5 Å². The minimum absolute atomic E-state index is 0.257. The maximum absolute atomic E-state index is 10.4. The number of hydrogen-bond donors (Lipinski definition) is 1. The lowest BCUT2D eigenvalue weighted by Gasteiger charge is -1.93. The molecule has 0 spiro atoms. The third-order valence-corrected chi connectivity index (χ3v) is 2.17. The zero-order valence-corrected chi connectivity index (χ0v) is 8.47. The molecule has 2 aromatic heterocycles. The Kier molecular flexibility index (Phi) is 2.35. The van der Waals surface area contributed by atoms with Crippen LogP contribution >= 0.6 is 0 Å². The summed E-state index contributed by atoms with van der Waals surface area (Å²) in [6.07, 6.45) is 0.610. The summed E-state index contributed by atoms with van der Waals surface area (Å²) in [6.45, 7) is 1.88. The van der Waals surface area contributed by atoms with Crippen molar-refractivity contribution in [2.24, 2.45) is 0 Å². The van der Waals surface area contributed by atoms with E-state index in [-0.39, 0.29) is 17.5 Å². The number of anilines is 1. The van der Waals surface area contributed by atoms with Crippen molar-refractivity contribution in [3.8, 4) is 11.5 Å². The molecule has 0 aromatic carbocycles. The van der Waals surface area contributed by atoms with Crippen molar-refractivity contribution in [2.45, 2.75) is 13.3 Å². The molecule has 0 radical (unpaired) electrons. The number of rotatable bonds is 3. The molecule has 0 amide bonds. The van der Waals surface area contributed by atoms with Gasteiger partial charge in [0.25, 0.3) is 0 Å². The summed E-state index contributed by atoms with van der Waals surface area (Å²) in [5.41, 5.74) is 6.26. The van der Waals surface area contributed by atoms with E-state index in [0.29, 0.717) is 17.7 Å². The quantitative estimate of drug-likeness (QED) is 0.629. The maximum Gasteiger partial charge on any atom is 0.433 e. The fraction of sp³-hybridized carbons (Fsp3) is 0.222. The van der Waals surface area contributed by atoms with Crippen LogP contribution in [0, 0.1) is 10.1 Å². The van der Waals surface area contributed by atoms with Crippen molar-refractivity contribution in [2.75, 3.05) is 5.73 Å². The van der Waals surface area contributed by atoms with Crippen molar-refractivity contribution in [3.05, 3.63) is 27.8 Å². The molecule has 0 saturated carbocycles. The molecular weight excluding hydrogens is 214 g/mol. The van der Waals surface area contributed by atoms with Crippen LogP contribution in [0.4, 0.5) is 11.7 Å². The summed E-state index contributed by atoms with van der Waals surface area (Å²) in [5, 5.41) is 14.0. The number of nitro groups is 1. The minimum atomic E-state index is -0.616. The van der Waals surface area contributed by atoms with Crippen LogP contribution in [0.3, 0.4) is 0 Å². The summed E-state index contributed by atoms with van der Waals surface area (Å²) in [7, 11) is 0. The Bertz CT molecular complexity index is 529. The van der Waals surface area contributed by atoms with Gasteiger partial charge in [-0.15, -0.1) is 0 Å². The number of nitrogens with zero attached hydrogens (tertiary/aromatic N) is 2. The van der Waals surface area contributed by atoms with Gasteiger partial charge in [-0.1, -0.05) is 12.1 Å². The molecule has 2 aromatic rings. The minimum Gasteiger partial charge on any atom is -0.397 e. The van der Waals surface area contributed by atoms with Gasteiger partial charge in [-0.3, -0.25) is 10.1 Å². The molecule has 0 bridgehead atoms. The van der Waals surface area contributed by atoms with E-state index in [1.807, 2.05) is 6.92 Å². The van der Waals surface area contributed by atoms with Crippen LogP contribution in [0.5, 0.6) is 0 Å². The summed E-state index contributed by atoms with van der Waals surface area (Å²) in [6, 6.07) is 2.71. The highest BCUT2D eigenvalue weighted by Gasteiger charge is 2.20. The molecule has 0 fully saturated rings. The molecule has 0 unspecified atom stereocenters. The van der Waals surface area contributed by atoms with Crippen molar-refractivity contribution < 1.29 is 13.9 Å². The van der Waals surface area contributed by atoms with Crippen LogP contribution in [-0.4, -0.2) is 10.1 Å². The van der Waals surface area contributed by atoms with Gasteiger partial charge in [0, 0.05) is 5.56 Å². The zero-order valence-electron chi connectivity index (χ0n) is 8.47. The lowest BCUT2D eigenvalue weighted by Crippen LogP contribution is -1.90. The molecule has 0 saturated heterocycles. The number of aromatic nitrogens is 1. The van der Waals surface area contributed by atoms with Crippen molar-refractivity contribution in [1.29, 1.82) is 0 Å². The Morgan fingerprint density at radius 3 is 2.88 bits per heavy atom. The van der Waals surface area contributed by atoms with E-state index in [1.165, 1.54) is 12.1 Å². The number of nitrogen functional groups attached to an aromatic ring is 1. The molecular formula is C9H9N3O4. The monoisotopic (exact) mass is 223 g/mol. The third-order valence-electron chi connectivity index (χ3n) is 2.17. The normalized spacial score (nSPS) is 10.6. The highest BCUT2D eigenvalue weighted by molar-refractivity contribution is 5.62. The molecule has 0 aliphatic carbocycles. The standard InChI is InChI=1S/C9H9N3O4/c1-2-5-8(16-11-9(5)10)6-3-4-7(15-6)12(13)14/h3-4H,2H2,1H3,(H2,10,11). The van der Waals surface area contributed by atoms with Gasteiger partial charge >= 0.3 is 5.88 Å². The van der Waals surface area contributed by atoms with E-state index >= 15 is 0 Å². The van der Waals surface area contributed by atoms with Gasteiger partial charge in [0.05, 0.1) is 6.07 Å². The van der Waals surface area contributed by atoms with Crippen molar-refractivity contribution in [3.63, 3.8) is 0 Å². The molecule has 2 heterocycles. The first-order valence-corrected chi connectivity index (χ1v) is 4.62. The van der Waals surface area contributed by atoms with Gasteiger partial charge < -0.3 is 14.7 Å². The molecule has 2 N–H and O–H groups in total. The second-order valence-electron chi connectivity index (χ2n) is 3.12. The molecule has 0 aliphatic rings. The third kappa shape index (κ3) is 1.52. The van der Waals surface area contributed by atoms with Crippen molar-refractivity contribution in [1.82, 2.24) is 5.16 Å². The molecule has 0 aliphatic heterocycles. The summed E-state index contributed by atoms with van der Waals surface area (Å²) in [5.74, 6) is 0.532. The van der Waals surface area contributed by atoms with Crippen LogP contribution in [0.15, 0.2) is 21.1 Å². The molecule has 2 rings (SSSR count). The van der Waals surface area contributed by atoms with E-state index in [2.05, 4.69) is 5.16 Å². The molecule has 16 heavy (non-hydrogen) atoms. The maximum atomic E-state index is 10.4. The summed E-state index contributed by atoms with van der Waals surface area (Å²) >= 11 is 0. The van der Waals surface area contributed by atoms with Crippen LogP contribution in [0.2, 0.25) is 0 Å². The van der Waals surface area contributed by atoms with E-state index in [4.69, 9.17) is 14.7 Å². The molecule has 7 heteroatoms. The summed E-state index contributed by atoms with van der Waals surface area (Å²) < 4.78 is 9.97. The average molecular weight is 223 g/mol. The predicted molar refractivity (Wildman–Crippen MR) is 54.6 cm³/mol. The Balaban J connectivity index is 2.46. The fourth-order valence-corrected chi connectivity index (χ4v) is 1.40. The number of hydrogen-bond acceptors (Lipinski definition) is 6. The highest BCUT2D eigenvalue weighted by Crippen LogP contribution is 2.31. The van der Waals surface area contributed by atoms with Crippen LogP contribution in [-0.2, 0) is 6.42 Å². The topological polar surface area (TPSA) is 108 Å². The predicted octanol–water partition coefficient (Wildman–Crippen LogP) is 1.99. The van der Waals surface area contributed by atoms with Gasteiger partial charge in [0.2, 0.25) is 5.76 Å². The Morgan fingerprint density at radius 2 is 2.31 bits per heavy atom. The second kappa shape index (κ2) is 3.69. The van der Waals surface area contributed by atoms with Crippen LogP contribution in [0.1, 0.15) is 12.5 Å². The average Bonchev–Trinajstić information content (AvgIpc) is 2.83. The molecule has 84 valence electrons. The number of furan rings is 1. The summed E-state index contributed by atoms with van der Waals surface area (Å²) in [4.78, 5) is 9.83. The fourth-order valence-electron chi connectivity index (χ4n) is 1.40. The Labute approximate surface area is 90.0 Å². The van der Waals surface area contributed by atoms with E-state index in [0.717, 1.165) is 0 Å². The van der Waals surface area contributed by atoms with Crippen LogP contribution in [0.25, 0.3) is 11.5 Å². The first-order valence-electron chi connectivity index (χ1n) is 4.62. The van der Waals surface area contributed by atoms with Gasteiger partial charge in [-0.25, -0.2) is 0 Å². The molecule has 0 atom stereocenters. The lowest BCUT2D eigenvalue weighted by molar-refractivity contribution is -0.401. The Hall–Kier alpha value is -2.31. The number of nitrogens with two attached hydrogens (primary N) is 1. The van der Waals surface area contributed by atoms with E-state index in [9.17, 15) is 10.1 Å². The van der Waals surface area contributed by atoms with Crippen molar-refractivity contribution >= 4 is 11.7 Å². The zero-order chi connectivity index (χ0) is 11.7. The largest absolute Gasteiger partial charge is 0.433 e. The van der Waals surface area contributed by atoms with Gasteiger partial charge in [0.15, 0.2) is 11.6 Å². The Morgan fingerprint density at radius 1 is 1.56 bits per heavy atom. The first kappa shape index (κ1) is 10.2. The smallest absolute Gasteiger partial charge is 0.397 e. The van der Waals surface area contributed by atoms with Gasteiger partial charge in [0.1, 0.15) is 4.92 Å². The lowest BCUT2D eigenvalue weighted by atomic mass is 10.1. The van der Waals surface area contributed by atoms with E-state index in [1.54, 1.807) is 0 Å². The van der Waals surface area contributed by atoms with Gasteiger partial charge in [-0.2, -0.15) is 0 Å². The first-order chi connectivity index (χ1) is 7.63. The SMILES string of the molecule is CCc1c(N)noc1-c1ccc([N+](=O)[O-])o1. The molecule has 7 nitrogen and oxygen atoms in total. The van der Waals surface area contributed by atoms with Crippen LogP contribution < -0.4 is 5.73 Å².